The van der Waals surface area contributed by atoms with Crippen molar-refractivity contribution in [2.45, 2.75) is 23.8 Å². The van der Waals surface area contributed by atoms with Gasteiger partial charge in [-0.2, -0.15) is 8.78 Å². The molecule has 3 rings (SSSR count). The molecule has 0 radical (unpaired) electrons. The first-order valence-electron chi connectivity index (χ1n) is 8.75. The van der Waals surface area contributed by atoms with Crippen LogP contribution >= 0.6 is 0 Å². The normalized spacial score (nSPS) is 17.0. The van der Waals surface area contributed by atoms with Crippen LogP contribution in [0.2, 0.25) is 0 Å². The van der Waals surface area contributed by atoms with E-state index in [0.29, 0.717) is 5.75 Å². The average molecular weight is 412 g/mol. The number of nitrogens with zero attached hydrogens (tertiary/aromatic N) is 1. The van der Waals surface area contributed by atoms with Crippen LogP contribution in [0, 0.1) is 0 Å². The van der Waals surface area contributed by atoms with Crippen LogP contribution in [0.4, 0.5) is 14.5 Å². The van der Waals surface area contributed by atoms with E-state index in [4.69, 9.17) is 4.74 Å². The topological polar surface area (TPSA) is 67.9 Å². The van der Waals surface area contributed by atoms with Crippen molar-refractivity contribution in [1.82, 2.24) is 5.32 Å². The number of methoxy groups -OCH3 is 1. The molecule has 1 heterocycles. The number of nitrogens with one attached hydrogen (secondary N) is 1. The molecular weight excluding hydrogens is 390 g/mol. The molecule has 0 spiro atoms. The van der Waals surface area contributed by atoms with Gasteiger partial charge < -0.3 is 14.8 Å². The summed E-state index contributed by atoms with van der Waals surface area (Å²) >= 11 is 0. The van der Waals surface area contributed by atoms with E-state index in [1.54, 1.807) is 19.2 Å². The predicted molar refractivity (Wildman–Crippen MR) is 102 cm³/mol. The number of hydrogen-bond acceptors (Lipinski definition) is 5. The van der Waals surface area contributed by atoms with Gasteiger partial charge in [0, 0.05) is 25.6 Å². The lowest BCUT2D eigenvalue weighted by Crippen LogP contribution is -2.26. The van der Waals surface area contributed by atoms with Gasteiger partial charge in [-0.1, -0.05) is 6.07 Å². The van der Waals surface area contributed by atoms with Gasteiger partial charge in [0.15, 0.2) is 0 Å². The Hall–Kier alpha value is -2.39. The van der Waals surface area contributed by atoms with Gasteiger partial charge in [-0.25, -0.2) is 8.42 Å². The first-order chi connectivity index (χ1) is 13.3. The van der Waals surface area contributed by atoms with Gasteiger partial charge in [0.1, 0.15) is 11.5 Å². The Balaban J connectivity index is 1.95. The van der Waals surface area contributed by atoms with Crippen molar-refractivity contribution in [2.24, 2.45) is 0 Å². The molecule has 0 unspecified atom stereocenters. The van der Waals surface area contributed by atoms with E-state index in [2.05, 4.69) is 10.1 Å². The van der Waals surface area contributed by atoms with Crippen LogP contribution in [0.15, 0.2) is 47.4 Å². The molecule has 0 saturated carbocycles. The number of rotatable bonds is 7. The van der Waals surface area contributed by atoms with Crippen LogP contribution in [-0.4, -0.2) is 42.3 Å². The minimum atomic E-state index is -3.90. The molecule has 1 aliphatic heterocycles. The number of hydrogen-bond donors (Lipinski definition) is 1. The standard InChI is InChI=1S/C19H22F2N2O4S/c1-23(14-4-3-5-15(10-14)27-19(20)21)28(24,25)16-6-7-18(26-2)17(11-16)13-8-9-22-12-13/h3-7,10-11,13,19,22H,8-9,12H2,1-2H3/t13-/m0/s1. The zero-order valence-electron chi connectivity index (χ0n) is 15.6. The summed E-state index contributed by atoms with van der Waals surface area (Å²) < 4.78 is 61.9. The largest absolute Gasteiger partial charge is 0.496 e. The minimum absolute atomic E-state index is 0.109. The summed E-state index contributed by atoms with van der Waals surface area (Å²) in [6, 6.07) is 10.3. The molecule has 152 valence electrons. The predicted octanol–water partition coefficient (Wildman–Crippen LogP) is 3.20. The van der Waals surface area contributed by atoms with E-state index in [1.807, 2.05) is 0 Å². The van der Waals surface area contributed by atoms with Crippen molar-refractivity contribution in [3.8, 4) is 11.5 Å². The molecule has 2 aromatic carbocycles. The molecule has 2 aromatic rings. The number of sulfonamides is 1. The molecule has 1 aliphatic rings. The van der Waals surface area contributed by atoms with Crippen LogP contribution in [0.3, 0.4) is 0 Å². The fourth-order valence-electron chi connectivity index (χ4n) is 3.26. The minimum Gasteiger partial charge on any atom is -0.496 e. The van der Waals surface area contributed by atoms with Crippen molar-refractivity contribution >= 4 is 15.7 Å². The molecule has 1 N–H and O–H groups in total. The summed E-state index contributed by atoms with van der Waals surface area (Å²) in [4.78, 5) is 0.109. The lowest BCUT2D eigenvalue weighted by atomic mass is 9.97. The molecule has 1 saturated heterocycles. The molecule has 6 nitrogen and oxygen atoms in total. The van der Waals surface area contributed by atoms with Crippen LogP contribution < -0.4 is 19.1 Å². The smallest absolute Gasteiger partial charge is 0.387 e. The fourth-order valence-corrected chi connectivity index (χ4v) is 4.49. The average Bonchev–Trinajstić information content (AvgIpc) is 3.21. The molecule has 1 fully saturated rings. The maximum Gasteiger partial charge on any atom is 0.387 e. The number of anilines is 1. The highest BCUT2D eigenvalue weighted by molar-refractivity contribution is 7.92. The van der Waals surface area contributed by atoms with Crippen LogP contribution in [0.5, 0.6) is 11.5 Å². The Morgan fingerprint density at radius 1 is 1.21 bits per heavy atom. The van der Waals surface area contributed by atoms with E-state index in [9.17, 15) is 17.2 Å². The second kappa shape index (κ2) is 8.32. The first kappa shape index (κ1) is 20.3. The maximum atomic E-state index is 13.1. The second-order valence-corrected chi connectivity index (χ2v) is 8.41. The van der Waals surface area contributed by atoms with E-state index >= 15 is 0 Å². The Morgan fingerprint density at radius 2 is 2.00 bits per heavy atom. The fraction of sp³-hybridized carbons (Fsp3) is 0.368. The van der Waals surface area contributed by atoms with E-state index in [-0.39, 0.29) is 22.3 Å². The van der Waals surface area contributed by atoms with Crippen LogP contribution in [-0.2, 0) is 10.0 Å². The summed E-state index contributed by atoms with van der Waals surface area (Å²) in [6.45, 7) is -1.37. The molecule has 9 heteroatoms. The number of alkyl halides is 2. The number of halogens is 2. The van der Waals surface area contributed by atoms with E-state index in [1.165, 1.54) is 37.4 Å². The lowest BCUT2D eigenvalue weighted by Gasteiger charge is -2.22. The highest BCUT2D eigenvalue weighted by Gasteiger charge is 2.26. The zero-order valence-corrected chi connectivity index (χ0v) is 16.4. The van der Waals surface area contributed by atoms with Gasteiger partial charge in [0.2, 0.25) is 0 Å². The monoisotopic (exact) mass is 412 g/mol. The second-order valence-electron chi connectivity index (χ2n) is 6.44. The summed E-state index contributed by atoms with van der Waals surface area (Å²) in [5.41, 5.74) is 1.05. The Bertz CT molecular complexity index is 931. The third kappa shape index (κ3) is 4.20. The molecule has 28 heavy (non-hydrogen) atoms. The van der Waals surface area contributed by atoms with Gasteiger partial charge in [-0.3, -0.25) is 4.31 Å². The van der Waals surface area contributed by atoms with Crippen LogP contribution in [0.1, 0.15) is 17.9 Å². The summed E-state index contributed by atoms with van der Waals surface area (Å²) in [5, 5.41) is 3.26. The lowest BCUT2D eigenvalue weighted by molar-refractivity contribution is -0.0498. The third-order valence-electron chi connectivity index (χ3n) is 4.77. The number of ether oxygens (including phenoxy) is 2. The Kier molecular flexibility index (Phi) is 6.04. The van der Waals surface area contributed by atoms with Gasteiger partial charge in [-0.05, 0) is 48.9 Å². The van der Waals surface area contributed by atoms with Crippen molar-refractivity contribution in [2.75, 3.05) is 31.6 Å². The molecule has 1 atom stereocenters. The molecular formula is C19H22F2N2O4S. The third-order valence-corrected chi connectivity index (χ3v) is 6.55. The van der Waals surface area contributed by atoms with E-state index < -0.39 is 16.6 Å². The Morgan fingerprint density at radius 3 is 2.64 bits per heavy atom. The zero-order chi connectivity index (χ0) is 20.3. The van der Waals surface area contributed by atoms with Crippen molar-refractivity contribution in [3.05, 3.63) is 48.0 Å². The van der Waals surface area contributed by atoms with Gasteiger partial charge >= 0.3 is 6.61 Å². The summed E-state index contributed by atoms with van der Waals surface area (Å²) in [5.74, 6) is 0.697. The molecule has 0 aromatic heterocycles. The Labute approximate surface area is 163 Å². The first-order valence-corrected chi connectivity index (χ1v) is 10.2. The highest BCUT2D eigenvalue weighted by atomic mass is 32.2. The highest BCUT2D eigenvalue weighted by Crippen LogP contribution is 2.34. The van der Waals surface area contributed by atoms with E-state index in [0.717, 1.165) is 29.4 Å². The molecule has 0 aliphatic carbocycles. The number of benzene rings is 2. The van der Waals surface area contributed by atoms with Crippen molar-refractivity contribution in [1.29, 1.82) is 0 Å². The quantitative estimate of drug-likeness (QED) is 0.757. The SMILES string of the molecule is COc1ccc(S(=O)(=O)N(C)c2cccc(OC(F)F)c2)cc1[C@H]1CCNC1. The van der Waals surface area contributed by atoms with Gasteiger partial charge in [0.25, 0.3) is 10.0 Å². The molecule has 0 amide bonds. The van der Waals surface area contributed by atoms with Crippen molar-refractivity contribution in [3.63, 3.8) is 0 Å². The van der Waals surface area contributed by atoms with Crippen molar-refractivity contribution < 1.29 is 26.7 Å². The molecule has 0 bridgehead atoms. The maximum absolute atomic E-state index is 13.1. The van der Waals surface area contributed by atoms with Crippen LogP contribution in [0.25, 0.3) is 0 Å². The summed E-state index contributed by atoms with van der Waals surface area (Å²) in [6.07, 6.45) is 0.892. The van der Waals surface area contributed by atoms with Gasteiger partial charge in [0.05, 0.1) is 17.7 Å². The van der Waals surface area contributed by atoms with Gasteiger partial charge in [-0.15, -0.1) is 0 Å². The summed E-state index contributed by atoms with van der Waals surface area (Å²) in [7, 11) is -0.976.